The van der Waals surface area contributed by atoms with Crippen molar-refractivity contribution < 1.29 is 9.53 Å². The van der Waals surface area contributed by atoms with E-state index in [1.165, 1.54) is 12.8 Å². The van der Waals surface area contributed by atoms with E-state index in [2.05, 4.69) is 17.6 Å². The lowest BCUT2D eigenvalue weighted by Crippen LogP contribution is -2.46. The van der Waals surface area contributed by atoms with E-state index in [9.17, 15) is 4.79 Å². The molecule has 1 aliphatic heterocycles. The number of rotatable bonds is 6. The summed E-state index contributed by atoms with van der Waals surface area (Å²) < 4.78 is 5.11. The summed E-state index contributed by atoms with van der Waals surface area (Å²) >= 11 is 0. The van der Waals surface area contributed by atoms with Gasteiger partial charge in [0.05, 0.1) is 18.8 Å². The molecular weight excluding hydrogens is 216 g/mol. The van der Waals surface area contributed by atoms with Gasteiger partial charge in [0.2, 0.25) is 0 Å². The van der Waals surface area contributed by atoms with E-state index >= 15 is 0 Å². The molecule has 98 valence electrons. The lowest BCUT2D eigenvalue weighted by atomic mass is 9.97. The zero-order valence-electron chi connectivity index (χ0n) is 11.1. The van der Waals surface area contributed by atoms with Gasteiger partial charge in [0, 0.05) is 11.7 Å². The van der Waals surface area contributed by atoms with Crippen LogP contribution in [-0.4, -0.2) is 25.3 Å². The SMILES string of the molecule is CCCCCC1NCNC(C)=C1C(=O)OCC. The first-order valence-corrected chi connectivity index (χ1v) is 6.55. The average molecular weight is 240 g/mol. The molecule has 0 spiro atoms. The fourth-order valence-corrected chi connectivity index (χ4v) is 2.11. The van der Waals surface area contributed by atoms with Crippen molar-refractivity contribution in [2.45, 2.75) is 52.5 Å². The molecule has 0 aromatic heterocycles. The minimum absolute atomic E-state index is 0.141. The first-order valence-electron chi connectivity index (χ1n) is 6.55. The molecular formula is C13H24N2O2. The van der Waals surface area contributed by atoms with Crippen molar-refractivity contribution in [3.63, 3.8) is 0 Å². The highest BCUT2D eigenvalue weighted by molar-refractivity contribution is 5.90. The molecule has 17 heavy (non-hydrogen) atoms. The number of unbranched alkanes of at least 4 members (excludes halogenated alkanes) is 2. The van der Waals surface area contributed by atoms with Crippen molar-refractivity contribution in [1.82, 2.24) is 10.6 Å². The number of hydrogen-bond acceptors (Lipinski definition) is 4. The second-order valence-electron chi connectivity index (χ2n) is 4.37. The molecule has 0 fully saturated rings. The topological polar surface area (TPSA) is 50.4 Å². The molecule has 0 amide bonds. The third-order valence-electron chi connectivity index (χ3n) is 3.05. The summed E-state index contributed by atoms with van der Waals surface area (Å²) in [6.07, 6.45) is 4.55. The van der Waals surface area contributed by atoms with Gasteiger partial charge >= 0.3 is 5.97 Å². The van der Waals surface area contributed by atoms with Crippen molar-refractivity contribution in [3.8, 4) is 0 Å². The maximum atomic E-state index is 11.9. The van der Waals surface area contributed by atoms with Crippen LogP contribution in [-0.2, 0) is 9.53 Å². The van der Waals surface area contributed by atoms with E-state index in [1.54, 1.807) is 0 Å². The largest absolute Gasteiger partial charge is 0.463 e. The summed E-state index contributed by atoms with van der Waals surface area (Å²) in [7, 11) is 0. The summed E-state index contributed by atoms with van der Waals surface area (Å²) in [5.41, 5.74) is 1.72. The Kier molecular flexibility index (Phi) is 6.05. The van der Waals surface area contributed by atoms with Crippen molar-refractivity contribution >= 4 is 5.97 Å². The number of carbonyl (C=O) groups excluding carboxylic acids is 1. The number of hydrogen-bond donors (Lipinski definition) is 2. The van der Waals surface area contributed by atoms with Crippen molar-refractivity contribution in [2.24, 2.45) is 0 Å². The first kappa shape index (κ1) is 14.0. The van der Waals surface area contributed by atoms with Crippen LogP contribution < -0.4 is 10.6 Å². The Morgan fingerprint density at radius 1 is 1.41 bits per heavy atom. The lowest BCUT2D eigenvalue weighted by molar-refractivity contribution is -0.139. The summed E-state index contributed by atoms with van der Waals surface area (Å²) in [4.78, 5) is 11.9. The van der Waals surface area contributed by atoms with E-state index < -0.39 is 0 Å². The highest BCUT2D eigenvalue weighted by Gasteiger charge is 2.26. The Labute approximate surface area is 104 Å². The zero-order valence-corrected chi connectivity index (χ0v) is 11.1. The predicted octanol–water partition coefficient (Wildman–Crippen LogP) is 1.92. The van der Waals surface area contributed by atoms with Gasteiger partial charge in [-0.15, -0.1) is 0 Å². The summed E-state index contributed by atoms with van der Waals surface area (Å²) in [6.45, 7) is 7.12. The van der Waals surface area contributed by atoms with Gasteiger partial charge in [0.1, 0.15) is 0 Å². The molecule has 4 nitrogen and oxygen atoms in total. The van der Waals surface area contributed by atoms with E-state index in [-0.39, 0.29) is 12.0 Å². The number of carbonyl (C=O) groups is 1. The van der Waals surface area contributed by atoms with E-state index in [4.69, 9.17) is 4.74 Å². The monoisotopic (exact) mass is 240 g/mol. The smallest absolute Gasteiger partial charge is 0.337 e. The summed E-state index contributed by atoms with van der Waals surface area (Å²) in [5.74, 6) is -0.189. The molecule has 1 heterocycles. The van der Waals surface area contributed by atoms with Crippen LogP contribution in [0.15, 0.2) is 11.3 Å². The molecule has 0 bridgehead atoms. The van der Waals surface area contributed by atoms with Crippen molar-refractivity contribution in [3.05, 3.63) is 11.3 Å². The molecule has 1 atom stereocenters. The lowest BCUT2D eigenvalue weighted by Gasteiger charge is -2.28. The van der Waals surface area contributed by atoms with Gasteiger partial charge in [-0.2, -0.15) is 0 Å². The van der Waals surface area contributed by atoms with Crippen molar-refractivity contribution in [1.29, 1.82) is 0 Å². The number of allylic oxidation sites excluding steroid dienone is 1. The zero-order chi connectivity index (χ0) is 12.7. The molecule has 0 aromatic rings. The standard InChI is InChI=1S/C13H24N2O2/c1-4-6-7-8-11-12(13(16)17-5-2)10(3)14-9-15-11/h11,14-15H,4-9H2,1-3H3. The van der Waals surface area contributed by atoms with Gasteiger partial charge in [-0.1, -0.05) is 26.2 Å². The maximum absolute atomic E-state index is 11.9. The average Bonchev–Trinajstić information content (AvgIpc) is 2.29. The number of ether oxygens (including phenoxy) is 1. The summed E-state index contributed by atoms with van der Waals surface area (Å²) in [5, 5.41) is 6.49. The van der Waals surface area contributed by atoms with E-state index in [1.807, 2.05) is 13.8 Å². The Balaban J connectivity index is 2.66. The highest BCUT2D eigenvalue weighted by Crippen LogP contribution is 2.18. The molecule has 0 saturated carbocycles. The Hall–Kier alpha value is -1.03. The van der Waals surface area contributed by atoms with Gasteiger partial charge in [0.25, 0.3) is 0 Å². The van der Waals surface area contributed by atoms with Crippen LogP contribution >= 0.6 is 0 Å². The molecule has 0 aliphatic carbocycles. The van der Waals surface area contributed by atoms with Crippen LogP contribution in [0.25, 0.3) is 0 Å². The van der Waals surface area contributed by atoms with Gasteiger partial charge < -0.3 is 10.1 Å². The number of nitrogens with one attached hydrogen (secondary N) is 2. The third-order valence-corrected chi connectivity index (χ3v) is 3.05. The van der Waals surface area contributed by atoms with Gasteiger partial charge in [0.15, 0.2) is 0 Å². The Morgan fingerprint density at radius 3 is 2.82 bits per heavy atom. The van der Waals surface area contributed by atoms with Gasteiger partial charge in [-0.25, -0.2) is 4.79 Å². The van der Waals surface area contributed by atoms with Crippen LogP contribution in [0.5, 0.6) is 0 Å². The Morgan fingerprint density at radius 2 is 2.18 bits per heavy atom. The van der Waals surface area contributed by atoms with Gasteiger partial charge in [-0.3, -0.25) is 5.32 Å². The quantitative estimate of drug-likeness (QED) is 0.550. The second kappa shape index (κ2) is 7.33. The fourth-order valence-electron chi connectivity index (χ4n) is 2.11. The molecule has 1 rings (SSSR count). The molecule has 0 saturated heterocycles. The second-order valence-corrected chi connectivity index (χ2v) is 4.37. The van der Waals surface area contributed by atoms with Crippen LogP contribution in [0, 0.1) is 0 Å². The molecule has 2 N–H and O–H groups in total. The molecule has 1 unspecified atom stereocenters. The van der Waals surface area contributed by atoms with Crippen LogP contribution in [0.2, 0.25) is 0 Å². The minimum Gasteiger partial charge on any atom is -0.463 e. The Bertz CT molecular complexity index is 287. The third kappa shape index (κ3) is 4.04. The maximum Gasteiger partial charge on any atom is 0.337 e. The predicted molar refractivity (Wildman–Crippen MR) is 68.4 cm³/mol. The molecule has 4 heteroatoms. The molecule has 1 aliphatic rings. The fraction of sp³-hybridized carbons (Fsp3) is 0.769. The van der Waals surface area contributed by atoms with E-state index in [0.29, 0.717) is 6.61 Å². The summed E-state index contributed by atoms with van der Waals surface area (Å²) in [6, 6.07) is 0.141. The van der Waals surface area contributed by atoms with Crippen LogP contribution in [0.1, 0.15) is 46.5 Å². The first-order chi connectivity index (χ1) is 8.20. The normalized spacial score (nSPS) is 20.1. The highest BCUT2D eigenvalue weighted by atomic mass is 16.5. The molecule has 0 radical (unpaired) electrons. The van der Waals surface area contributed by atoms with E-state index in [0.717, 1.165) is 30.8 Å². The minimum atomic E-state index is -0.189. The molecule has 0 aromatic carbocycles. The van der Waals surface area contributed by atoms with Crippen LogP contribution in [0.4, 0.5) is 0 Å². The van der Waals surface area contributed by atoms with Gasteiger partial charge in [-0.05, 0) is 20.3 Å². The number of esters is 1. The van der Waals surface area contributed by atoms with Crippen molar-refractivity contribution in [2.75, 3.05) is 13.3 Å². The van der Waals surface area contributed by atoms with Crippen LogP contribution in [0.3, 0.4) is 0 Å².